The zero-order valence-corrected chi connectivity index (χ0v) is 18.2. The van der Waals surface area contributed by atoms with Crippen LogP contribution >= 0.6 is 0 Å². The predicted octanol–water partition coefficient (Wildman–Crippen LogP) is 5.10. The Labute approximate surface area is 192 Å². The van der Waals surface area contributed by atoms with Gasteiger partial charge in [-0.3, -0.25) is 4.79 Å². The molecule has 4 aromatic rings. The number of carbonyl (C=O) groups excluding carboxylic acids is 1. The van der Waals surface area contributed by atoms with Crippen LogP contribution in [0.5, 0.6) is 11.6 Å². The molecule has 3 heteroatoms. The van der Waals surface area contributed by atoms with Crippen LogP contribution < -0.4 is 15.2 Å². The first-order valence-electron chi connectivity index (χ1n) is 11.4. The number of rotatable bonds is 4. The number of hydrogen-bond acceptors (Lipinski definition) is 3. The Hall–Kier alpha value is -3.98. The molecular formula is C30H23NO2. The van der Waals surface area contributed by atoms with Gasteiger partial charge in [-0.1, -0.05) is 66.7 Å². The van der Waals surface area contributed by atoms with E-state index in [0.717, 1.165) is 19.3 Å². The van der Waals surface area contributed by atoms with Crippen molar-refractivity contribution < 1.29 is 9.53 Å². The van der Waals surface area contributed by atoms with Crippen molar-refractivity contribution in [2.45, 2.75) is 19.3 Å². The number of ketones is 1. The minimum Gasteiger partial charge on any atom is -0.438 e. The fraction of sp³-hybridized carbons (Fsp3) is 0.133. The fourth-order valence-electron chi connectivity index (χ4n) is 4.99. The molecular weight excluding hydrogens is 406 g/mol. The second kappa shape index (κ2) is 8.18. The first kappa shape index (κ1) is 19.7. The number of para-hydroxylation sites is 1. The molecule has 0 bridgehead atoms. The lowest BCUT2D eigenvalue weighted by molar-refractivity contribution is 0.0944. The highest BCUT2D eigenvalue weighted by Crippen LogP contribution is 2.29. The molecule has 0 saturated heterocycles. The van der Waals surface area contributed by atoms with Gasteiger partial charge in [-0.05, 0) is 76.2 Å². The summed E-state index contributed by atoms with van der Waals surface area (Å²) in [4.78, 5) is 18.0. The molecule has 2 aliphatic rings. The SMILES string of the molecule is O=C(c1cccnc1Oc1ccccc1)C1C=c2c(ccc3c2=CCc2ccccc2-3)CC1. The molecule has 1 heterocycles. The van der Waals surface area contributed by atoms with E-state index in [-0.39, 0.29) is 11.7 Å². The van der Waals surface area contributed by atoms with Crippen molar-refractivity contribution in [1.82, 2.24) is 4.98 Å². The lowest BCUT2D eigenvalue weighted by atomic mass is 9.82. The molecule has 1 unspecified atom stereocenters. The average molecular weight is 430 g/mol. The summed E-state index contributed by atoms with van der Waals surface area (Å²) < 4.78 is 5.97. The minimum atomic E-state index is -0.197. The van der Waals surface area contributed by atoms with Gasteiger partial charge in [0.15, 0.2) is 5.78 Å². The van der Waals surface area contributed by atoms with E-state index in [9.17, 15) is 4.79 Å². The average Bonchev–Trinajstić information content (AvgIpc) is 2.88. The van der Waals surface area contributed by atoms with Gasteiger partial charge in [-0.15, -0.1) is 0 Å². The number of hydrogen-bond donors (Lipinski definition) is 0. The summed E-state index contributed by atoms with van der Waals surface area (Å²) in [5.74, 6) is 0.902. The van der Waals surface area contributed by atoms with Crippen molar-refractivity contribution in [2.24, 2.45) is 5.92 Å². The number of aryl methyl sites for hydroxylation is 1. The van der Waals surface area contributed by atoms with E-state index in [2.05, 4.69) is 53.5 Å². The van der Waals surface area contributed by atoms with E-state index < -0.39 is 0 Å². The molecule has 1 atom stereocenters. The molecule has 2 aliphatic carbocycles. The number of ether oxygens (including phenoxy) is 1. The summed E-state index contributed by atoms with van der Waals surface area (Å²) in [6.07, 6.45) is 8.75. The maximum atomic E-state index is 13.6. The first-order chi connectivity index (χ1) is 16.3. The van der Waals surface area contributed by atoms with Gasteiger partial charge >= 0.3 is 0 Å². The van der Waals surface area contributed by atoms with Crippen LogP contribution in [0.25, 0.3) is 23.3 Å². The number of carbonyl (C=O) groups is 1. The molecule has 6 rings (SSSR count). The number of pyridine rings is 1. The summed E-state index contributed by atoms with van der Waals surface area (Å²) >= 11 is 0. The van der Waals surface area contributed by atoms with Crippen molar-refractivity contribution in [3.63, 3.8) is 0 Å². The highest BCUT2D eigenvalue weighted by molar-refractivity contribution is 6.03. The Balaban J connectivity index is 1.40. The zero-order valence-electron chi connectivity index (χ0n) is 18.2. The van der Waals surface area contributed by atoms with Gasteiger partial charge < -0.3 is 4.74 Å². The topological polar surface area (TPSA) is 39.2 Å². The smallest absolute Gasteiger partial charge is 0.230 e. The molecule has 33 heavy (non-hydrogen) atoms. The third-order valence-electron chi connectivity index (χ3n) is 6.63. The van der Waals surface area contributed by atoms with Gasteiger partial charge in [-0.25, -0.2) is 4.98 Å². The van der Waals surface area contributed by atoms with Crippen molar-refractivity contribution in [1.29, 1.82) is 0 Å². The molecule has 160 valence electrons. The van der Waals surface area contributed by atoms with Gasteiger partial charge in [0.2, 0.25) is 5.88 Å². The summed E-state index contributed by atoms with van der Waals surface area (Å²) in [5.41, 5.74) is 5.76. The molecule has 0 radical (unpaired) electrons. The first-order valence-corrected chi connectivity index (χ1v) is 11.4. The number of fused-ring (bicyclic) bond motifs is 5. The van der Waals surface area contributed by atoms with Crippen LogP contribution in [0.3, 0.4) is 0 Å². The number of benzene rings is 3. The maximum absolute atomic E-state index is 13.6. The van der Waals surface area contributed by atoms with Crippen LogP contribution in [0.15, 0.2) is 85.1 Å². The normalized spacial score (nSPS) is 15.8. The molecule has 0 amide bonds. The second-order valence-corrected chi connectivity index (χ2v) is 8.61. The van der Waals surface area contributed by atoms with E-state index in [1.165, 1.54) is 32.7 Å². The van der Waals surface area contributed by atoms with E-state index in [4.69, 9.17) is 4.74 Å². The molecule has 0 aliphatic heterocycles. The van der Waals surface area contributed by atoms with Crippen molar-refractivity contribution in [3.05, 3.63) is 112 Å². The number of nitrogens with zero attached hydrogens (tertiary/aromatic N) is 1. The summed E-state index contributed by atoms with van der Waals surface area (Å²) in [5, 5.41) is 2.47. The largest absolute Gasteiger partial charge is 0.438 e. The van der Waals surface area contributed by atoms with Gasteiger partial charge in [-0.2, -0.15) is 0 Å². The molecule has 0 saturated carbocycles. The quantitative estimate of drug-likeness (QED) is 0.424. The van der Waals surface area contributed by atoms with Gasteiger partial charge in [0.1, 0.15) is 5.75 Å². The third-order valence-corrected chi connectivity index (χ3v) is 6.63. The minimum absolute atomic E-state index is 0.0634. The van der Waals surface area contributed by atoms with Crippen molar-refractivity contribution in [2.75, 3.05) is 0 Å². The van der Waals surface area contributed by atoms with Crippen LogP contribution in [-0.2, 0) is 12.8 Å². The molecule has 0 N–H and O–H groups in total. The Morgan fingerprint density at radius 3 is 2.58 bits per heavy atom. The molecule has 0 fully saturated rings. The summed E-state index contributed by atoms with van der Waals surface area (Å²) in [6, 6.07) is 26.2. The van der Waals surface area contributed by atoms with E-state index >= 15 is 0 Å². The summed E-state index contributed by atoms with van der Waals surface area (Å²) in [7, 11) is 0. The Morgan fingerprint density at radius 1 is 0.818 bits per heavy atom. The predicted molar refractivity (Wildman–Crippen MR) is 131 cm³/mol. The van der Waals surface area contributed by atoms with Crippen molar-refractivity contribution in [3.8, 4) is 22.8 Å². The van der Waals surface area contributed by atoms with Crippen LogP contribution in [0.1, 0.15) is 27.9 Å². The number of Topliss-reactive ketones (excluding diaryl/α,β-unsaturated/α-hetero) is 1. The highest BCUT2D eigenvalue weighted by atomic mass is 16.5. The molecule has 0 spiro atoms. The molecule has 1 aromatic heterocycles. The maximum Gasteiger partial charge on any atom is 0.230 e. The van der Waals surface area contributed by atoms with Gasteiger partial charge in [0.25, 0.3) is 0 Å². The molecule has 3 aromatic carbocycles. The van der Waals surface area contributed by atoms with Gasteiger partial charge in [0, 0.05) is 12.1 Å². The summed E-state index contributed by atoms with van der Waals surface area (Å²) in [6.45, 7) is 0. The third kappa shape index (κ3) is 3.56. The van der Waals surface area contributed by atoms with E-state index in [1.54, 1.807) is 12.3 Å². The van der Waals surface area contributed by atoms with Crippen LogP contribution in [-0.4, -0.2) is 10.8 Å². The van der Waals surface area contributed by atoms with Crippen LogP contribution in [0, 0.1) is 5.92 Å². The Kier molecular flexibility index (Phi) is 4.88. The second-order valence-electron chi connectivity index (χ2n) is 8.61. The van der Waals surface area contributed by atoms with E-state index in [0.29, 0.717) is 17.2 Å². The Bertz CT molecular complexity index is 1490. The highest BCUT2D eigenvalue weighted by Gasteiger charge is 2.25. The fourth-order valence-corrected chi connectivity index (χ4v) is 4.99. The van der Waals surface area contributed by atoms with Crippen molar-refractivity contribution >= 4 is 17.9 Å². The van der Waals surface area contributed by atoms with Crippen LogP contribution in [0.2, 0.25) is 0 Å². The Morgan fingerprint density at radius 2 is 1.67 bits per heavy atom. The number of aromatic nitrogens is 1. The molecule has 3 nitrogen and oxygen atoms in total. The van der Waals surface area contributed by atoms with E-state index in [1.807, 2.05) is 36.4 Å². The lowest BCUT2D eigenvalue weighted by Crippen LogP contribution is -2.37. The monoisotopic (exact) mass is 429 g/mol. The zero-order chi connectivity index (χ0) is 22.2. The lowest BCUT2D eigenvalue weighted by Gasteiger charge is -2.22. The van der Waals surface area contributed by atoms with Crippen LogP contribution in [0.4, 0.5) is 0 Å². The van der Waals surface area contributed by atoms with Gasteiger partial charge in [0.05, 0.1) is 5.56 Å². The standard InChI is InChI=1S/C30H23NO2/c32-29(27-11-6-18-31-30(27)33-23-8-2-1-3-9-23)22-13-12-21-15-16-25-24-10-5-4-7-20(24)14-17-26(25)28(21)19-22/h1-11,15-19,22H,12-14H2.